The number of hydrogen-bond acceptors (Lipinski definition) is 4. The molecule has 1 aliphatic carbocycles. The number of aliphatic hydroxyl groups is 1. The fourth-order valence-corrected chi connectivity index (χ4v) is 4.66. The monoisotopic (exact) mass is 369 g/mol. The Hall–Kier alpha value is -2.01. The Labute approximate surface area is 154 Å². The van der Waals surface area contributed by atoms with Gasteiger partial charge < -0.3 is 5.11 Å². The molecule has 126 valence electrons. The van der Waals surface area contributed by atoms with Crippen molar-refractivity contribution in [2.75, 3.05) is 0 Å². The molecule has 2 heterocycles. The van der Waals surface area contributed by atoms with Gasteiger partial charge in [-0.15, -0.1) is 11.3 Å². The fourth-order valence-electron chi connectivity index (χ4n) is 3.35. The molecule has 5 heteroatoms. The lowest BCUT2D eigenvalue weighted by Crippen LogP contribution is -2.18. The number of benzene rings is 1. The summed E-state index contributed by atoms with van der Waals surface area (Å²) in [6.45, 7) is 0. The lowest BCUT2D eigenvalue weighted by Gasteiger charge is -2.21. The SMILES string of the molecule is O=C1CCC(O)C(c2ccc(Cl)cc2)c2cc(-c3ccncc3)sc21. The number of hydrogen-bond donors (Lipinski definition) is 1. The molecule has 1 N–H and O–H groups in total. The third-order valence-corrected chi connectivity index (χ3v) is 6.09. The van der Waals surface area contributed by atoms with Crippen LogP contribution in [0.15, 0.2) is 54.9 Å². The minimum Gasteiger partial charge on any atom is -0.392 e. The van der Waals surface area contributed by atoms with Gasteiger partial charge in [0, 0.05) is 34.6 Å². The van der Waals surface area contributed by atoms with Crippen molar-refractivity contribution in [3.63, 3.8) is 0 Å². The molecule has 3 nitrogen and oxygen atoms in total. The van der Waals surface area contributed by atoms with Gasteiger partial charge in [0.05, 0.1) is 11.0 Å². The molecule has 0 bridgehead atoms. The van der Waals surface area contributed by atoms with E-state index < -0.39 is 6.10 Å². The van der Waals surface area contributed by atoms with E-state index in [4.69, 9.17) is 11.6 Å². The minimum absolute atomic E-state index is 0.107. The van der Waals surface area contributed by atoms with Crippen molar-refractivity contribution >= 4 is 28.7 Å². The van der Waals surface area contributed by atoms with Crippen LogP contribution in [0.2, 0.25) is 5.02 Å². The predicted octanol–water partition coefficient (Wildman–Crippen LogP) is 4.93. The fraction of sp³-hybridized carbons (Fsp3) is 0.200. The van der Waals surface area contributed by atoms with Crippen molar-refractivity contribution in [2.24, 2.45) is 0 Å². The number of pyridine rings is 1. The van der Waals surface area contributed by atoms with Gasteiger partial charge in [0.25, 0.3) is 0 Å². The number of Topliss-reactive ketones (excluding diaryl/α,β-unsaturated/α-hetero) is 1. The molecule has 2 aromatic heterocycles. The molecule has 3 aromatic rings. The number of nitrogens with zero attached hydrogens (tertiary/aromatic N) is 1. The van der Waals surface area contributed by atoms with Crippen LogP contribution in [0, 0.1) is 0 Å². The van der Waals surface area contributed by atoms with E-state index in [1.165, 1.54) is 11.3 Å². The van der Waals surface area contributed by atoms with Crippen LogP contribution in [0.25, 0.3) is 10.4 Å². The Kier molecular flexibility index (Phi) is 4.42. The van der Waals surface area contributed by atoms with Crippen molar-refractivity contribution < 1.29 is 9.90 Å². The van der Waals surface area contributed by atoms with Crippen LogP contribution in [0.3, 0.4) is 0 Å². The van der Waals surface area contributed by atoms with E-state index in [0.29, 0.717) is 17.9 Å². The Morgan fingerprint density at radius 1 is 1.12 bits per heavy atom. The third kappa shape index (κ3) is 3.13. The summed E-state index contributed by atoms with van der Waals surface area (Å²) in [4.78, 5) is 18.4. The highest BCUT2D eigenvalue weighted by Gasteiger charge is 2.33. The van der Waals surface area contributed by atoms with Crippen molar-refractivity contribution in [3.8, 4) is 10.4 Å². The van der Waals surface area contributed by atoms with Crippen LogP contribution in [0.5, 0.6) is 0 Å². The summed E-state index contributed by atoms with van der Waals surface area (Å²) in [5, 5.41) is 11.4. The molecule has 2 atom stereocenters. The molecule has 1 aliphatic rings. The average Bonchev–Trinajstić information content (AvgIpc) is 3.03. The Bertz CT molecular complexity index is 905. The van der Waals surface area contributed by atoms with Gasteiger partial charge in [-0.3, -0.25) is 9.78 Å². The van der Waals surface area contributed by atoms with Crippen molar-refractivity contribution in [3.05, 3.63) is 75.9 Å². The van der Waals surface area contributed by atoms with Gasteiger partial charge in [-0.2, -0.15) is 0 Å². The second-order valence-corrected chi connectivity index (χ2v) is 7.68. The molecule has 2 unspecified atom stereocenters. The molecule has 1 aromatic carbocycles. The normalized spacial score (nSPS) is 20.2. The smallest absolute Gasteiger partial charge is 0.173 e. The van der Waals surface area contributed by atoms with Gasteiger partial charge in [0.15, 0.2) is 5.78 Å². The van der Waals surface area contributed by atoms with Crippen LogP contribution < -0.4 is 0 Å². The molecule has 4 rings (SSSR count). The number of carbonyl (C=O) groups is 1. The van der Waals surface area contributed by atoms with Crippen LogP contribution in [-0.4, -0.2) is 22.0 Å². The first-order chi connectivity index (χ1) is 12.1. The van der Waals surface area contributed by atoms with Crippen molar-refractivity contribution in [1.82, 2.24) is 4.98 Å². The summed E-state index contributed by atoms with van der Waals surface area (Å²) in [6, 6.07) is 13.4. The number of carbonyl (C=O) groups excluding carboxylic acids is 1. The molecule has 0 spiro atoms. The maximum Gasteiger partial charge on any atom is 0.173 e. The number of ketones is 1. The highest BCUT2D eigenvalue weighted by Crippen LogP contribution is 2.42. The van der Waals surface area contributed by atoms with Crippen molar-refractivity contribution in [1.29, 1.82) is 0 Å². The largest absolute Gasteiger partial charge is 0.392 e. The lowest BCUT2D eigenvalue weighted by atomic mass is 9.86. The molecule has 0 aliphatic heterocycles. The Morgan fingerprint density at radius 2 is 1.84 bits per heavy atom. The zero-order valence-electron chi connectivity index (χ0n) is 13.4. The maximum absolute atomic E-state index is 12.6. The average molecular weight is 370 g/mol. The summed E-state index contributed by atoms with van der Waals surface area (Å²) < 4.78 is 0. The second-order valence-electron chi connectivity index (χ2n) is 6.19. The van der Waals surface area contributed by atoms with E-state index in [2.05, 4.69) is 4.98 Å². The third-order valence-electron chi connectivity index (χ3n) is 4.60. The first-order valence-electron chi connectivity index (χ1n) is 8.14. The van der Waals surface area contributed by atoms with E-state index in [-0.39, 0.29) is 11.7 Å². The highest BCUT2D eigenvalue weighted by atomic mass is 35.5. The van der Waals surface area contributed by atoms with E-state index in [9.17, 15) is 9.90 Å². The number of thiophene rings is 1. The van der Waals surface area contributed by atoms with Crippen LogP contribution >= 0.6 is 22.9 Å². The zero-order chi connectivity index (χ0) is 17.4. The minimum atomic E-state index is -0.591. The number of aromatic nitrogens is 1. The molecule has 25 heavy (non-hydrogen) atoms. The Balaban J connectivity index is 1.86. The first kappa shape index (κ1) is 16.5. The lowest BCUT2D eigenvalue weighted by molar-refractivity contribution is 0.0952. The maximum atomic E-state index is 12.6. The van der Waals surface area contributed by atoms with Crippen molar-refractivity contribution in [2.45, 2.75) is 24.9 Å². The predicted molar refractivity (Wildman–Crippen MR) is 100 cm³/mol. The number of halogens is 1. The molecule has 0 saturated carbocycles. The van der Waals surface area contributed by atoms with Gasteiger partial charge in [0.1, 0.15) is 0 Å². The summed E-state index contributed by atoms with van der Waals surface area (Å²) in [5.41, 5.74) is 2.92. The quantitative estimate of drug-likeness (QED) is 0.651. The van der Waals surface area contributed by atoms with E-state index >= 15 is 0 Å². The molecule has 0 radical (unpaired) electrons. The number of fused-ring (bicyclic) bond motifs is 1. The van der Waals surface area contributed by atoms with Gasteiger partial charge in [-0.1, -0.05) is 23.7 Å². The van der Waals surface area contributed by atoms with Crippen LogP contribution in [0.4, 0.5) is 0 Å². The zero-order valence-corrected chi connectivity index (χ0v) is 14.9. The molecule has 0 saturated heterocycles. The van der Waals surface area contributed by atoms with Crippen LogP contribution in [-0.2, 0) is 0 Å². The van der Waals surface area contributed by atoms with Gasteiger partial charge in [-0.25, -0.2) is 0 Å². The number of aliphatic hydroxyl groups excluding tert-OH is 1. The van der Waals surface area contributed by atoms with E-state index in [1.807, 2.05) is 42.5 Å². The summed E-state index contributed by atoms with van der Waals surface area (Å²) in [5.74, 6) is -0.110. The second kappa shape index (κ2) is 6.71. The Morgan fingerprint density at radius 3 is 2.56 bits per heavy atom. The number of rotatable bonds is 2. The van der Waals surface area contributed by atoms with Gasteiger partial charge >= 0.3 is 0 Å². The molecular weight excluding hydrogens is 354 g/mol. The van der Waals surface area contributed by atoms with E-state index in [0.717, 1.165) is 26.4 Å². The molecular formula is C20H16ClNO2S. The van der Waals surface area contributed by atoms with Gasteiger partial charge in [0.2, 0.25) is 0 Å². The molecule has 0 amide bonds. The van der Waals surface area contributed by atoms with E-state index in [1.54, 1.807) is 12.4 Å². The summed E-state index contributed by atoms with van der Waals surface area (Å²) in [7, 11) is 0. The first-order valence-corrected chi connectivity index (χ1v) is 9.34. The molecule has 0 fully saturated rings. The highest BCUT2D eigenvalue weighted by molar-refractivity contribution is 7.17. The van der Waals surface area contributed by atoms with Crippen LogP contribution in [0.1, 0.15) is 39.6 Å². The van der Waals surface area contributed by atoms with Gasteiger partial charge in [-0.05, 0) is 53.4 Å². The summed E-state index contributed by atoms with van der Waals surface area (Å²) in [6.07, 6.45) is 3.74. The summed E-state index contributed by atoms with van der Waals surface area (Å²) >= 11 is 7.51. The topological polar surface area (TPSA) is 50.2 Å². The standard InChI is InChI=1S/C20H16ClNO2S/c21-14-3-1-13(2-4-14)19-15-11-18(12-7-9-22-10-8-12)25-20(15)17(24)6-5-16(19)23/h1-4,7-11,16,19,23H,5-6H2.